The number of carbonyl (C=O) groups excluding carboxylic acids is 1. The Hall–Kier alpha value is -3.26. The lowest BCUT2D eigenvalue weighted by atomic mass is 10.1. The number of piperidine rings is 1. The predicted octanol–water partition coefficient (Wildman–Crippen LogP) is 3.60. The van der Waals surface area contributed by atoms with E-state index in [1.807, 2.05) is 29.8 Å². The number of hydrogen-bond donors (Lipinski definition) is 1. The summed E-state index contributed by atoms with van der Waals surface area (Å²) in [4.78, 5) is 15.1. The summed E-state index contributed by atoms with van der Waals surface area (Å²) in [6, 6.07) is 11.3. The summed E-state index contributed by atoms with van der Waals surface area (Å²) in [6.07, 6.45) is 3.66. The molecule has 0 spiro atoms. The molecule has 1 aromatic carbocycles. The largest absolute Gasteiger partial charge is 0.465 e. The van der Waals surface area contributed by atoms with Crippen LogP contribution in [-0.4, -0.2) is 40.5 Å². The van der Waals surface area contributed by atoms with E-state index in [2.05, 4.69) is 15.3 Å². The number of hydrogen-bond acceptors (Lipinski definition) is 6. The zero-order valence-electron chi connectivity index (χ0n) is 16.8. The number of benzene rings is 1. The van der Waals surface area contributed by atoms with Crippen molar-refractivity contribution in [1.29, 1.82) is 0 Å². The number of nitrogens with zero attached hydrogens (tertiary/aromatic N) is 3. The quantitative estimate of drug-likeness (QED) is 0.695. The van der Waals surface area contributed by atoms with Crippen LogP contribution in [-0.2, 0) is 6.54 Å². The Bertz CT molecular complexity index is 1050. The van der Waals surface area contributed by atoms with Gasteiger partial charge < -0.3 is 19.2 Å². The molecule has 5 rings (SSSR count). The molecule has 1 N–H and O–H groups in total. The Kier molecular flexibility index (Phi) is 4.92. The zero-order valence-corrected chi connectivity index (χ0v) is 16.8. The number of furan rings is 1. The average Bonchev–Trinajstić information content (AvgIpc) is 3.49. The van der Waals surface area contributed by atoms with Gasteiger partial charge in [0, 0.05) is 24.7 Å². The number of fused-ring (bicyclic) bond motifs is 1. The molecular weight excluding hydrogens is 384 g/mol. The van der Waals surface area contributed by atoms with E-state index in [9.17, 15) is 4.79 Å². The molecular formula is C22H24N4O4. The monoisotopic (exact) mass is 408 g/mol. The van der Waals surface area contributed by atoms with Gasteiger partial charge in [-0.1, -0.05) is 0 Å². The highest BCUT2D eigenvalue weighted by Crippen LogP contribution is 2.33. The first-order valence-corrected chi connectivity index (χ1v) is 10.2. The maximum absolute atomic E-state index is 12.7. The van der Waals surface area contributed by atoms with Crippen LogP contribution >= 0.6 is 0 Å². The molecule has 0 atom stereocenters. The van der Waals surface area contributed by atoms with Crippen molar-refractivity contribution >= 4 is 11.7 Å². The van der Waals surface area contributed by atoms with Crippen molar-refractivity contribution in [2.75, 3.05) is 25.2 Å². The molecule has 0 saturated carbocycles. The highest BCUT2D eigenvalue weighted by molar-refractivity contribution is 6.04. The number of carbonyl (C=O) groups is 1. The normalized spacial score (nSPS) is 16.7. The number of amides is 1. The van der Waals surface area contributed by atoms with Gasteiger partial charge in [0.1, 0.15) is 17.3 Å². The fraction of sp³-hybridized carbons (Fsp3) is 0.364. The van der Waals surface area contributed by atoms with Crippen molar-refractivity contribution in [1.82, 2.24) is 14.7 Å². The summed E-state index contributed by atoms with van der Waals surface area (Å²) in [5.74, 6) is 3.71. The van der Waals surface area contributed by atoms with E-state index in [4.69, 9.17) is 13.9 Å². The summed E-state index contributed by atoms with van der Waals surface area (Å²) < 4.78 is 18.3. The van der Waals surface area contributed by atoms with Crippen LogP contribution < -0.4 is 14.8 Å². The van der Waals surface area contributed by atoms with Gasteiger partial charge in [-0.2, -0.15) is 5.10 Å². The second-order valence-corrected chi connectivity index (χ2v) is 7.70. The van der Waals surface area contributed by atoms with Crippen LogP contribution in [0, 0.1) is 6.92 Å². The molecule has 0 aliphatic carbocycles. The molecule has 1 amide bonds. The van der Waals surface area contributed by atoms with Crippen LogP contribution in [0.5, 0.6) is 11.5 Å². The number of aromatic nitrogens is 2. The van der Waals surface area contributed by atoms with Crippen molar-refractivity contribution in [2.45, 2.75) is 32.4 Å². The molecule has 4 heterocycles. The lowest BCUT2D eigenvalue weighted by Crippen LogP contribution is -2.34. The summed E-state index contributed by atoms with van der Waals surface area (Å²) in [6.45, 7) is 4.89. The number of likely N-dealkylation sites (tertiary alicyclic amines) is 1. The fourth-order valence-electron chi connectivity index (χ4n) is 4.04. The molecule has 0 bridgehead atoms. The topological polar surface area (TPSA) is 81.8 Å². The van der Waals surface area contributed by atoms with Gasteiger partial charge in [0.05, 0.1) is 18.8 Å². The van der Waals surface area contributed by atoms with E-state index < -0.39 is 0 Å². The zero-order chi connectivity index (χ0) is 20.5. The van der Waals surface area contributed by atoms with Gasteiger partial charge in [0.2, 0.25) is 6.79 Å². The first-order valence-electron chi connectivity index (χ1n) is 10.2. The summed E-state index contributed by atoms with van der Waals surface area (Å²) in [5.41, 5.74) is 0.524. The van der Waals surface area contributed by atoms with E-state index in [1.54, 1.807) is 24.4 Å². The van der Waals surface area contributed by atoms with Crippen LogP contribution in [0.1, 0.15) is 40.8 Å². The minimum Gasteiger partial charge on any atom is -0.465 e. The molecule has 1 saturated heterocycles. The van der Waals surface area contributed by atoms with Crippen molar-refractivity contribution in [3.63, 3.8) is 0 Å². The number of nitrogens with one attached hydrogen (secondary N) is 1. The first-order chi connectivity index (χ1) is 14.7. The molecule has 156 valence electrons. The van der Waals surface area contributed by atoms with Crippen LogP contribution in [0.15, 0.2) is 47.0 Å². The Morgan fingerprint density at radius 2 is 1.97 bits per heavy atom. The predicted molar refractivity (Wildman–Crippen MR) is 110 cm³/mol. The fourth-order valence-corrected chi connectivity index (χ4v) is 4.04. The lowest BCUT2D eigenvalue weighted by molar-refractivity contribution is 0.102. The molecule has 0 unspecified atom stereocenters. The van der Waals surface area contributed by atoms with Crippen molar-refractivity contribution in [2.24, 2.45) is 0 Å². The molecule has 2 aliphatic rings. The SMILES string of the molecule is Cc1ccc(CN2CCC(n3nccc3NC(=O)c3ccc4c(c3)OCO4)CC2)o1. The molecule has 3 aromatic rings. The Morgan fingerprint density at radius 1 is 1.13 bits per heavy atom. The standard InChI is InChI=1S/C22H24N4O4/c1-15-2-4-18(30-15)13-25-10-7-17(8-11-25)26-21(6-9-23-26)24-22(27)16-3-5-19-20(12-16)29-14-28-19/h2-6,9,12,17H,7-8,10-11,13-14H2,1H3,(H,24,27). The molecule has 0 radical (unpaired) electrons. The van der Waals surface area contributed by atoms with Gasteiger partial charge in [0.15, 0.2) is 11.5 Å². The molecule has 8 heteroatoms. The van der Waals surface area contributed by atoms with Gasteiger partial charge in [-0.25, -0.2) is 4.68 Å². The number of rotatable bonds is 5. The van der Waals surface area contributed by atoms with Crippen LogP contribution in [0.2, 0.25) is 0 Å². The molecule has 2 aliphatic heterocycles. The smallest absolute Gasteiger partial charge is 0.256 e. The molecule has 30 heavy (non-hydrogen) atoms. The molecule has 8 nitrogen and oxygen atoms in total. The van der Waals surface area contributed by atoms with E-state index in [0.29, 0.717) is 22.9 Å². The third-order valence-corrected chi connectivity index (χ3v) is 5.63. The maximum Gasteiger partial charge on any atom is 0.256 e. The van der Waals surface area contributed by atoms with E-state index in [0.717, 1.165) is 44.0 Å². The van der Waals surface area contributed by atoms with Crippen LogP contribution in [0.3, 0.4) is 0 Å². The average molecular weight is 408 g/mol. The van der Waals surface area contributed by atoms with Crippen molar-refractivity contribution in [3.8, 4) is 11.5 Å². The molecule has 1 fully saturated rings. The van der Waals surface area contributed by atoms with Crippen molar-refractivity contribution < 1.29 is 18.7 Å². The Balaban J connectivity index is 1.21. The van der Waals surface area contributed by atoms with Gasteiger partial charge in [-0.15, -0.1) is 0 Å². The summed E-state index contributed by atoms with van der Waals surface area (Å²) >= 11 is 0. The van der Waals surface area contributed by atoms with Gasteiger partial charge in [0.25, 0.3) is 5.91 Å². The van der Waals surface area contributed by atoms with E-state index in [-0.39, 0.29) is 18.7 Å². The number of anilines is 1. The maximum atomic E-state index is 12.7. The first kappa shape index (κ1) is 18.7. The highest BCUT2D eigenvalue weighted by Gasteiger charge is 2.24. The second-order valence-electron chi connectivity index (χ2n) is 7.70. The highest BCUT2D eigenvalue weighted by atomic mass is 16.7. The van der Waals surface area contributed by atoms with Gasteiger partial charge in [-0.3, -0.25) is 9.69 Å². The number of ether oxygens (including phenoxy) is 2. The second kappa shape index (κ2) is 7.87. The van der Waals surface area contributed by atoms with Gasteiger partial charge in [-0.05, 0) is 50.1 Å². The minimum atomic E-state index is -0.194. The third kappa shape index (κ3) is 3.78. The summed E-state index contributed by atoms with van der Waals surface area (Å²) in [5, 5.41) is 7.46. The Labute approximate surface area is 174 Å². The Morgan fingerprint density at radius 3 is 2.77 bits per heavy atom. The van der Waals surface area contributed by atoms with Crippen molar-refractivity contribution in [3.05, 3.63) is 59.7 Å². The number of aryl methyl sites for hydroxylation is 1. The minimum absolute atomic E-state index is 0.186. The van der Waals surface area contributed by atoms with Crippen LogP contribution in [0.25, 0.3) is 0 Å². The van der Waals surface area contributed by atoms with Gasteiger partial charge >= 0.3 is 0 Å². The summed E-state index contributed by atoms with van der Waals surface area (Å²) in [7, 11) is 0. The van der Waals surface area contributed by atoms with E-state index in [1.165, 1.54) is 0 Å². The third-order valence-electron chi connectivity index (χ3n) is 5.63. The van der Waals surface area contributed by atoms with Crippen LogP contribution in [0.4, 0.5) is 5.82 Å². The van der Waals surface area contributed by atoms with E-state index >= 15 is 0 Å². The molecule has 2 aromatic heterocycles. The lowest BCUT2D eigenvalue weighted by Gasteiger charge is -2.32.